The Bertz CT molecular complexity index is 1200. The average Bonchev–Trinajstić information content (AvgIpc) is 3.26. The zero-order chi connectivity index (χ0) is 23.5. The Morgan fingerprint density at radius 1 is 1.27 bits per heavy atom. The van der Waals surface area contributed by atoms with Crippen LogP contribution in [0.2, 0.25) is 0 Å². The second-order valence-corrected chi connectivity index (χ2v) is 8.03. The van der Waals surface area contributed by atoms with Crippen LogP contribution in [0, 0.1) is 18.3 Å². The molecule has 0 saturated carbocycles. The van der Waals surface area contributed by atoms with E-state index in [0.29, 0.717) is 41.8 Å². The highest BCUT2D eigenvalue weighted by molar-refractivity contribution is 6.03. The Hall–Kier alpha value is -3.97. The number of hydrogen-bond donors (Lipinski definition) is 2. The van der Waals surface area contributed by atoms with Gasteiger partial charge in [0, 0.05) is 32.5 Å². The fourth-order valence-corrected chi connectivity index (χ4v) is 3.84. The third-order valence-corrected chi connectivity index (χ3v) is 5.72. The maximum atomic E-state index is 12.6. The number of aryl methyl sites for hydroxylation is 1. The number of amides is 1. The molecule has 170 valence electrons. The van der Waals surface area contributed by atoms with Gasteiger partial charge in [-0.25, -0.2) is 4.98 Å². The highest BCUT2D eigenvalue weighted by atomic mass is 16.5. The van der Waals surface area contributed by atoms with Crippen LogP contribution in [0.5, 0.6) is 0 Å². The van der Waals surface area contributed by atoms with Crippen molar-refractivity contribution in [2.45, 2.75) is 39.1 Å². The number of carbonyl (C=O) groups excluding carboxylic acids is 1. The standard InChI is InChI=1S/C23H26N8O2/c1-14-19-21(30(3)20(15(2)33-4)22(32)28-19)29-23(27-14)25-10-18-11-26-31(13-18)12-17-7-5-16(9-24)6-8-17/h5-8,11,13,15,20H,10,12H2,1-4H3,(H,28,32)(H,25,27,29). The molecule has 10 nitrogen and oxygen atoms in total. The topological polar surface area (TPSA) is 121 Å². The van der Waals surface area contributed by atoms with Crippen LogP contribution in [-0.2, 0) is 22.6 Å². The Labute approximate surface area is 192 Å². The molecule has 1 aromatic carbocycles. The van der Waals surface area contributed by atoms with Crippen LogP contribution >= 0.6 is 0 Å². The highest BCUT2D eigenvalue weighted by Gasteiger charge is 2.37. The molecule has 2 aromatic heterocycles. The van der Waals surface area contributed by atoms with E-state index in [1.54, 1.807) is 25.4 Å². The Morgan fingerprint density at radius 3 is 2.73 bits per heavy atom. The number of hydrogen-bond acceptors (Lipinski definition) is 8. The molecule has 2 unspecified atom stereocenters. The lowest BCUT2D eigenvalue weighted by molar-refractivity contribution is -0.120. The van der Waals surface area contributed by atoms with Gasteiger partial charge >= 0.3 is 0 Å². The van der Waals surface area contributed by atoms with E-state index in [0.717, 1.165) is 11.1 Å². The predicted octanol–water partition coefficient (Wildman–Crippen LogP) is 2.31. The van der Waals surface area contributed by atoms with E-state index in [1.165, 1.54) is 0 Å². The van der Waals surface area contributed by atoms with Crippen molar-refractivity contribution in [2.75, 3.05) is 29.7 Å². The highest BCUT2D eigenvalue weighted by Crippen LogP contribution is 2.33. The maximum absolute atomic E-state index is 12.6. The third kappa shape index (κ3) is 4.63. The number of carbonyl (C=O) groups is 1. The normalized spacial score (nSPS) is 16.0. The number of aromatic nitrogens is 4. The first-order chi connectivity index (χ1) is 15.9. The summed E-state index contributed by atoms with van der Waals surface area (Å²) in [6.45, 7) is 4.81. The van der Waals surface area contributed by atoms with Crippen LogP contribution in [0.1, 0.15) is 29.3 Å². The third-order valence-electron chi connectivity index (χ3n) is 5.72. The second-order valence-electron chi connectivity index (χ2n) is 8.03. The zero-order valence-electron chi connectivity index (χ0n) is 19.0. The van der Waals surface area contributed by atoms with Crippen molar-refractivity contribution in [1.82, 2.24) is 19.7 Å². The van der Waals surface area contributed by atoms with Crippen LogP contribution < -0.4 is 15.5 Å². The average molecular weight is 447 g/mol. The molecular formula is C23H26N8O2. The van der Waals surface area contributed by atoms with Gasteiger partial charge in [0.25, 0.3) is 0 Å². The molecule has 2 N–H and O–H groups in total. The molecule has 1 amide bonds. The molecule has 0 saturated heterocycles. The van der Waals surface area contributed by atoms with Gasteiger partial charge < -0.3 is 20.3 Å². The first-order valence-electron chi connectivity index (χ1n) is 10.6. The lowest BCUT2D eigenvalue weighted by Crippen LogP contribution is -2.53. The van der Waals surface area contributed by atoms with Gasteiger partial charge in [-0.1, -0.05) is 12.1 Å². The van der Waals surface area contributed by atoms with Crippen molar-refractivity contribution in [3.63, 3.8) is 0 Å². The molecule has 33 heavy (non-hydrogen) atoms. The van der Waals surface area contributed by atoms with Crippen molar-refractivity contribution in [3.8, 4) is 6.07 Å². The number of rotatable bonds is 7. The number of nitriles is 1. The predicted molar refractivity (Wildman–Crippen MR) is 124 cm³/mol. The fraction of sp³-hybridized carbons (Fsp3) is 0.348. The fourth-order valence-electron chi connectivity index (χ4n) is 3.84. The largest absolute Gasteiger partial charge is 0.379 e. The minimum absolute atomic E-state index is 0.138. The monoisotopic (exact) mass is 446 g/mol. The van der Waals surface area contributed by atoms with Crippen molar-refractivity contribution >= 4 is 23.4 Å². The van der Waals surface area contributed by atoms with Crippen molar-refractivity contribution in [2.24, 2.45) is 0 Å². The molecule has 10 heteroatoms. The summed E-state index contributed by atoms with van der Waals surface area (Å²) in [7, 11) is 3.42. The summed E-state index contributed by atoms with van der Waals surface area (Å²) in [6.07, 6.45) is 3.46. The SMILES string of the molecule is COC(C)C1C(=O)Nc2c(C)nc(NCc3cnn(Cc4ccc(C#N)cc4)c3)nc2N1C. The van der Waals surface area contributed by atoms with E-state index in [2.05, 4.69) is 31.8 Å². The quantitative estimate of drug-likeness (QED) is 0.567. The molecule has 2 atom stereocenters. The van der Waals surface area contributed by atoms with Gasteiger partial charge in [0.1, 0.15) is 11.7 Å². The first-order valence-corrected chi connectivity index (χ1v) is 10.6. The number of fused-ring (bicyclic) bond motifs is 1. The Morgan fingerprint density at radius 2 is 2.03 bits per heavy atom. The molecule has 0 spiro atoms. The van der Waals surface area contributed by atoms with Gasteiger partial charge in [0.2, 0.25) is 11.9 Å². The van der Waals surface area contributed by atoms with Gasteiger partial charge in [0.05, 0.1) is 36.2 Å². The van der Waals surface area contributed by atoms with Gasteiger partial charge in [0.15, 0.2) is 5.82 Å². The van der Waals surface area contributed by atoms with E-state index in [-0.39, 0.29) is 12.0 Å². The summed E-state index contributed by atoms with van der Waals surface area (Å²) < 4.78 is 7.23. The summed E-state index contributed by atoms with van der Waals surface area (Å²) in [5, 5.41) is 19.5. The summed E-state index contributed by atoms with van der Waals surface area (Å²) in [5.74, 6) is 0.981. The number of ether oxygens (including phenoxy) is 1. The molecule has 1 aliphatic rings. The van der Waals surface area contributed by atoms with Gasteiger partial charge in [-0.3, -0.25) is 9.48 Å². The van der Waals surface area contributed by atoms with Crippen LogP contribution in [-0.4, -0.2) is 52.0 Å². The molecule has 3 aromatic rings. The summed E-state index contributed by atoms with van der Waals surface area (Å²) in [4.78, 5) is 23.5. The lowest BCUT2D eigenvalue weighted by atomic mass is 10.1. The van der Waals surface area contributed by atoms with E-state index in [1.807, 2.05) is 48.8 Å². The number of likely N-dealkylation sites (N-methyl/N-ethyl adjacent to an activating group) is 1. The molecule has 0 bridgehead atoms. The Balaban J connectivity index is 1.45. The minimum Gasteiger partial charge on any atom is -0.379 e. The summed E-state index contributed by atoms with van der Waals surface area (Å²) in [6, 6.07) is 9.09. The summed E-state index contributed by atoms with van der Waals surface area (Å²) >= 11 is 0. The van der Waals surface area contributed by atoms with E-state index < -0.39 is 6.04 Å². The lowest BCUT2D eigenvalue weighted by Gasteiger charge is -2.37. The number of benzene rings is 1. The van der Waals surface area contributed by atoms with Gasteiger partial charge in [-0.05, 0) is 31.5 Å². The van der Waals surface area contributed by atoms with Crippen LogP contribution in [0.15, 0.2) is 36.7 Å². The number of nitrogens with zero attached hydrogens (tertiary/aromatic N) is 6. The summed E-state index contributed by atoms with van der Waals surface area (Å²) in [5.41, 5.74) is 3.98. The molecule has 1 aliphatic heterocycles. The molecule has 0 fully saturated rings. The van der Waals surface area contributed by atoms with Crippen LogP contribution in [0.4, 0.5) is 17.5 Å². The zero-order valence-corrected chi connectivity index (χ0v) is 19.0. The molecule has 0 aliphatic carbocycles. The number of nitrogens with one attached hydrogen (secondary N) is 2. The number of methoxy groups -OCH3 is 1. The van der Waals surface area contributed by atoms with Gasteiger partial charge in [-0.2, -0.15) is 15.3 Å². The molecular weight excluding hydrogens is 420 g/mol. The van der Waals surface area contributed by atoms with E-state index in [9.17, 15) is 4.79 Å². The van der Waals surface area contributed by atoms with E-state index in [4.69, 9.17) is 10.00 Å². The Kier molecular flexibility index (Phi) is 6.24. The van der Waals surface area contributed by atoms with Crippen LogP contribution in [0.25, 0.3) is 0 Å². The number of anilines is 3. The van der Waals surface area contributed by atoms with Crippen molar-refractivity contribution < 1.29 is 9.53 Å². The second kappa shape index (κ2) is 9.26. The maximum Gasteiger partial charge on any atom is 0.249 e. The van der Waals surface area contributed by atoms with E-state index >= 15 is 0 Å². The minimum atomic E-state index is -0.481. The smallest absolute Gasteiger partial charge is 0.249 e. The molecule has 3 heterocycles. The van der Waals surface area contributed by atoms with Gasteiger partial charge in [-0.15, -0.1) is 0 Å². The first kappa shape index (κ1) is 22.2. The van der Waals surface area contributed by atoms with Crippen molar-refractivity contribution in [1.29, 1.82) is 5.26 Å². The van der Waals surface area contributed by atoms with Crippen LogP contribution in [0.3, 0.4) is 0 Å². The molecule has 4 rings (SSSR count). The molecule has 0 radical (unpaired) electrons. The van der Waals surface area contributed by atoms with Crippen molar-refractivity contribution in [3.05, 3.63) is 59.0 Å².